The summed E-state index contributed by atoms with van der Waals surface area (Å²) in [6, 6.07) is 21.6. The molecular weight excluding hydrogens is 364 g/mol. The van der Waals surface area contributed by atoms with Gasteiger partial charge in [-0.1, -0.05) is 57.2 Å². The van der Waals surface area contributed by atoms with E-state index in [1.165, 1.54) is 16.0 Å². The number of benzene rings is 2. The Kier molecular flexibility index (Phi) is 4.98. The van der Waals surface area contributed by atoms with Crippen molar-refractivity contribution in [3.8, 4) is 5.75 Å². The number of methoxy groups -OCH3 is 1. The Morgan fingerprint density at radius 1 is 1.04 bits per heavy atom. The maximum absolute atomic E-state index is 5.43. The van der Waals surface area contributed by atoms with Gasteiger partial charge in [-0.3, -0.25) is 5.01 Å². The van der Waals surface area contributed by atoms with Gasteiger partial charge in [-0.05, 0) is 40.1 Å². The summed E-state index contributed by atoms with van der Waals surface area (Å²) >= 11 is 1.75. The van der Waals surface area contributed by atoms with Gasteiger partial charge >= 0.3 is 0 Å². The van der Waals surface area contributed by atoms with E-state index in [4.69, 9.17) is 9.84 Å². The minimum absolute atomic E-state index is 0.152. The summed E-state index contributed by atoms with van der Waals surface area (Å²) in [6.07, 6.45) is 0.895. The van der Waals surface area contributed by atoms with Crippen molar-refractivity contribution < 1.29 is 4.74 Å². The van der Waals surface area contributed by atoms with E-state index in [0.717, 1.165) is 23.6 Å². The second kappa shape index (κ2) is 7.44. The van der Waals surface area contributed by atoms with E-state index in [-0.39, 0.29) is 11.5 Å². The molecule has 0 saturated heterocycles. The average Bonchev–Trinajstić information content (AvgIpc) is 3.37. The first-order valence-corrected chi connectivity index (χ1v) is 10.5. The van der Waals surface area contributed by atoms with Crippen LogP contribution in [0.1, 0.15) is 49.2 Å². The second-order valence-electron chi connectivity index (χ2n) is 8.16. The Hall–Kier alpha value is -2.59. The van der Waals surface area contributed by atoms with E-state index >= 15 is 0 Å². The number of rotatable bonds is 4. The van der Waals surface area contributed by atoms with Crippen LogP contribution >= 0.6 is 11.3 Å². The lowest BCUT2D eigenvalue weighted by Gasteiger charge is -2.25. The zero-order valence-corrected chi connectivity index (χ0v) is 17.7. The molecule has 0 spiro atoms. The number of hydrogen-bond donors (Lipinski definition) is 0. The molecule has 4 rings (SSSR count). The first kappa shape index (κ1) is 18.8. The highest BCUT2D eigenvalue weighted by Gasteiger charge is 2.30. The molecule has 3 nitrogen and oxygen atoms in total. The van der Waals surface area contributed by atoms with Crippen LogP contribution in [0.4, 0.5) is 5.69 Å². The highest BCUT2D eigenvalue weighted by atomic mass is 32.1. The predicted molar refractivity (Wildman–Crippen MR) is 119 cm³/mol. The van der Waals surface area contributed by atoms with Crippen molar-refractivity contribution in [1.82, 2.24) is 0 Å². The van der Waals surface area contributed by atoms with Gasteiger partial charge in [0.25, 0.3) is 0 Å². The SMILES string of the molecule is COc1cccc(N2N=C(c3cccs3)CC2c2ccc(C(C)(C)C)cc2)c1. The Morgan fingerprint density at radius 2 is 1.82 bits per heavy atom. The molecule has 0 amide bonds. The largest absolute Gasteiger partial charge is 0.497 e. The normalized spacial score (nSPS) is 16.9. The Morgan fingerprint density at radius 3 is 2.46 bits per heavy atom. The third kappa shape index (κ3) is 3.69. The molecule has 144 valence electrons. The van der Waals surface area contributed by atoms with E-state index in [2.05, 4.69) is 79.7 Å². The van der Waals surface area contributed by atoms with Crippen LogP contribution in [0.5, 0.6) is 5.75 Å². The molecule has 1 aliphatic heterocycles. The van der Waals surface area contributed by atoms with Gasteiger partial charge in [-0.25, -0.2) is 0 Å². The predicted octanol–water partition coefficient (Wildman–Crippen LogP) is 6.41. The summed E-state index contributed by atoms with van der Waals surface area (Å²) in [5.41, 5.74) is 4.98. The van der Waals surface area contributed by atoms with Crippen molar-refractivity contribution >= 4 is 22.7 Å². The topological polar surface area (TPSA) is 24.8 Å². The number of ether oxygens (including phenoxy) is 1. The van der Waals surface area contributed by atoms with Gasteiger partial charge in [0.2, 0.25) is 0 Å². The standard InChI is InChI=1S/C24H26N2OS/c1-24(2,3)18-12-10-17(11-13-18)22-16-21(23-9-6-14-28-23)25-26(22)19-7-5-8-20(15-19)27-4/h5-15,22H,16H2,1-4H3. The molecule has 1 atom stereocenters. The molecule has 2 heterocycles. The summed E-state index contributed by atoms with van der Waals surface area (Å²) in [7, 11) is 1.70. The van der Waals surface area contributed by atoms with Crippen molar-refractivity contribution in [1.29, 1.82) is 0 Å². The van der Waals surface area contributed by atoms with E-state index in [0.29, 0.717) is 0 Å². The fourth-order valence-corrected chi connectivity index (χ4v) is 4.28. The molecule has 1 aromatic heterocycles. The zero-order valence-electron chi connectivity index (χ0n) is 16.8. The maximum atomic E-state index is 5.43. The van der Waals surface area contributed by atoms with E-state index in [1.807, 2.05) is 12.1 Å². The van der Waals surface area contributed by atoms with Gasteiger partial charge in [0.15, 0.2) is 0 Å². The molecule has 0 aliphatic carbocycles. The lowest BCUT2D eigenvalue weighted by atomic mass is 9.86. The van der Waals surface area contributed by atoms with Gasteiger partial charge in [-0.15, -0.1) is 11.3 Å². The van der Waals surface area contributed by atoms with Crippen LogP contribution < -0.4 is 9.75 Å². The van der Waals surface area contributed by atoms with Crippen LogP contribution in [0.15, 0.2) is 71.1 Å². The van der Waals surface area contributed by atoms with Crippen LogP contribution in [0.2, 0.25) is 0 Å². The van der Waals surface area contributed by atoms with E-state index in [1.54, 1.807) is 18.4 Å². The minimum atomic E-state index is 0.152. The lowest BCUT2D eigenvalue weighted by molar-refractivity contribution is 0.414. The summed E-state index contributed by atoms with van der Waals surface area (Å²) in [4.78, 5) is 1.24. The van der Waals surface area contributed by atoms with Crippen molar-refractivity contribution in [3.05, 3.63) is 82.0 Å². The summed E-state index contributed by atoms with van der Waals surface area (Å²) < 4.78 is 5.43. The number of thiophene rings is 1. The first-order chi connectivity index (χ1) is 13.5. The third-order valence-corrected chi connectivity index (χ3v) is 6.11. The van der Waals surface area contributed by atoms with Crippen LogP contribution in [0.25, 0.3) is 0 Å². The molecule has 1 aliphatic rings. The monoisotopic (exact) mass is 390 g/mol. The minimum Gasteiger partial charge on any atom is -0.497 e. The van der Waals surface area contributed by atoms with Crippen molar-refractivity contribution in [2.24, 2.45) is 5.10 Å². The quantitative estimate of drug-likeness (QED) is 0.514. The fourth-order valence-electron chi connectivity index (χ4n) is 3.56. The van der Waals surface area contributed by atoms with Gasteiger partial charge in [0.1, 0.15) is 5.75 Å². The van der Waals surface area contributed by atoms with Crippen LogP contribution in [0, 0.1) is 0 Å². The lowest BCUT2D eigenvalue weighted by Crippen LogP contribution is -2.19. The van der Waals surface area contributed by atoms with Crippen molar-refractivity contribution in [3.63, 3.8) is 0 Å². The summed E-state index contributed by atoms with van der Waals surface area (Å²) in [5.74, 6) is 0.846. The molecule has 0 radical (unpaired) electrons. The molecule has 28 heavy (non-hydrogen) atoms. The molecule has 0 bridgehead atoms. The van der Waals surface area contributed by atoms with Crippen LogP contribution in [-0.4, -0.2) is 12.8 Å². The highest BCUT2D eigenvalue weighted by Crippen LogP contribution is 2.39. The first-order valence-electron chi connectivity index (χ1n) is 9.61. The zero-order chi connectivity index (χ0) is 19.7. The number of nitrogens with zero attached hydrogens (tertiary/aromatic N) is 2. The molecular formula is C24H26N2OS. The molecule has 1 unspecified atom stereocenters. The third-order valence-electron chi connectivity index (χ3n) is 5.20. The summed E-state index contributed by atoms with van der Waals surface area (Å²) in [6.45, 7) is 6.74. The number of anilines is 1. The molecule has 3 aromatic rings. The van der Waals surface area contributed by atoms with Gasteiger partial charge in [-0.2, -0.15) is 5.10 Å². The molecule has 2 aromatic carbocycles. The van der Waals surface area contributed by atoms with Crippen molar-refractivity contribution in [2.45, 2.75) is 38.6 Å². The number of hydrazone groups is 1. The van der Waals surface area contributed by atoms with Gasteiger partial charge in [0, 0.05) is 12.5 Å². The molecule has 4 heteroatoms. The van der Waals surface area contributed by atoms with E-state index < -0.39 is 0 Å². The second-order valence-corrected chi connectivity index (χ2v) is 9.11. The van der Waals surface area contributed by atoms with Crippen molar-refractivity contribution in [2.75, 3.05) is 12.1 Å². The highest BCUT2D eigenvalue weighted by molar-refractivity contribution is 7.12. The van der Waals surface area contributed by atoms with Gasteiger partial charge < -0.3 is 4.74 Å². The summed E-state index contributed by atoms with van der Waals surface area (Å²) in [5, 5.41) is 9.26. The number of hydrogen-bond acceptors (Lipinski definition) is 4. The molecule has 0 fully saturated rings. The van der Waals surface area contributed by atoms with Gasteiger partial charge in [0.05, 0.1) is 29.4 Å². The fraction of sp³-hybridized carbons (Fsp3) is 0.292. The Balaban J connectivity index is 1.72. The maximum Gasteiger partial charge on any atom is 0.120 e. The Bertz CT molecular complexity index is 969. The van der Waals surface area contributed by atoms with Crippen LogP contribution in [-0.2, 0) is 5.41 Å². The Labute approximate surface area is 171 Å². The smallest absolute Gasteiger partial charge is 0.120 e. The van der Waals surface area contributed by atoms with E-state index in [9.17, 15) is 0 Å². The molecule has 0 saturated carbocycles. The van der Waals surface area contributed by atoms with Crippen LogP contribution in [0.3, 0.4) is 0 Å². The average molecular weight is 391 g/mol. The molecule has 0 N–H and O–H groups in total.